The maximum absolute atomic E-state index is 14.0. The molecule has 1 amide bonds. The number of halogens is 2. The van der Waals surface area contributed by atoms with Crippen molar-refractivity contribution in [3.8, 4) is 11.1 Å². The molecule has 0 unspecified atom stereocenters. The molecule has 7 heteroatoms. The Bertz CT molecular complexity index is 954. The molecule has 6 N–H and O–H groups in total. The number of rotatable bonds is 7. The fraction of sp³-hybridized carbons (Fsp3) is 0.250. The van der Waals surface area contributed by atoms with Crippen LogP contribution in [0, 0.1) is 11.6 Å². The molecule has 2 aromatic carbocycles. The molecule has 0 saturated heterocycles. The average molecular weight is 372 g/mol. The van der Waals surface area contributed by atoms with Gasteiger partial charge in [-0.25, -0.2) is 8.78 Å². The van der Waals surface area contributed by atoms with Crippen LogP contribution in [0.2, 0.25) is 0 Å². The molecule has 1 atom stereocenters. The van der Waals surface area contributed by atoms with Crippen LogP contribution < -0.4 is 16.8 Å². The molecule has 0 fully saturated rings. The van der Waals surface area contributed by atoms with Gasteiger partial charge in [0.1, 0.15) is 17.3 Å². The highest BCUT2D eigenvalue weighted by molar-refractivity contribution is 5.98. The van der Waals surface area contributed by atoms with Gasteiger partial charge < -0.3 is 21.8 Å². The third-order valence-electron chi connectivity index (χ3n) is 4.41. The van der Waals surface area contributed by atoms with Crippen LogP contribution in [0.5, 0.6) is 0 Å². The summed E-state index contributed by atoms with van der Waals surface area (Å²) in [4.78, 5) is 15.3. The first-order valence-electron chi connectivity index (χ1n) is 8.80. The van der Waals surface area contributed by atoms with Crippen LogP contribution in [0.15, 0.2) is 42.5 Å². The largest absolute Gasteiger partial charge is 0.351 e. The summed E-state index contributed by atoms with van der Waals surface area (Å²) in [6, 6.07) is 10.3. The summed E-state index contributed by atoms with van der Waals surface area (Å²) in [6.07, 6.45) is 1.56. The third kappa shape index (κ3) is 4.50. The number of H-pyrrole nitrogens is 1. The molecule has 5 nitrogen and oxygen atoms in total. The number of carbonyl (C=O) groups is 1. The van der Waals surface area contributed by atoms with E-state index in [9.17, 15) is 13.6 Å². The van der Waals surface area contributed by atoms with E-state index in [1.807, 2.05) is 0 Å². The van der Waals surface area contributed by atoms with Crippen molar-refractivity contribution < 1.29 is 13.6 Å². The summed E-state index contributed by atoms with van der Waals surface area (Å²) in [5.74, 6) is -1.52. The molecule has 3 aromatic rings. The summed E-state index contributed by atoms with van der Waals surface area (Å²) < 4.78 is 27.1. The van der Waals surface area contributed by atoms with Gasteiger partial charge in [0.2, 0.25) is 0 Å². The van der Waals surface area contributed by atoms with Crippen LogP contribution in [-0.2, 0) is 0 Å². The standard InChI is InChI=1S/C20H22F2N4O/c21-14-5-6-16(17(22)10-14)12-3-4-13-9-19(26-18(13)8-12)20(27)25-11-15(24)2-1-7-23/h3-6,8-10,15,26H,1-2,7,11,23-24H2,(H,25,27)/t15-/m0/s1. The Morgan fingerprint density at radius 3 is 2.70 bits per heavy atom. The Morgan fingerprint density at radius 1 is 1.15 bits per heavy atom. The van der Waals surface area contributed by atoms with E-state index in [2.05, 4.69) is 10.3 Å². The zero-order valence-corrected chi connectivity index (χ0v) is 14.8. The Balaban J connectivity index is 1.76. The maximum atomic E-state index is 14.0. The normalized spacial score (nSPS) is 12.3. The fourth-order valence-corrected chi connectivity index (χ4v) is 2.94. The van der Waals surface area contributed by atoms with Crippen LogP contribution >= 0.6 is 0 Å². The molecule has 0 aliphatic rings. The van der Waals surface area contributed by atoms with E-state index in [1.165, 1.54) is 12.1 Å². The van der Waals surface area contributed by atoms with Crippen molar-refractivity contribution in [2.45, 2.75) is 18.9 Å². The van der Waals surface area contributed by atoms with Gasteiger partial charge in [-0.1, -0.05) is 12.1 Å². The van der Waals surface area contributed by atoms with E-state index in [0.717, 1.165) is 24.3 Å². The summed E-state index contributed by atoms with van der Waals surface area (Å²) in [6.45, 7) is 0.931. The summed E-state index contributed by atoms with van der Waals surface area (Å²) in [5, 5.41) is 3.61. The minimum atomic E-state index is -0.634. The van der Waals surface area contributed by atoms with Gasteiger partial charge in [0.15, 0.2) is 0 Å². The van der Waals surface area contributed by atoms with Crippen molar-refractivity contribution >= 4 is 16.8 Å². The first kappa shape index (κ1) is 19.0. The smallest absolute Gasteiger partial charge is 0.267 e. The van der Waals surface area contributed by atoms with Crippen LogP contribution in [0.4, 0.5) is 8.78 Å². The highest BCUT2D eigenvalue weighted by atomic mass is 19.1. The number of aromatic nitrogens is 1. The predicted octanol–water partition coefficient (Wildman–Crippen LogP) is 2.91. The van der Waals surface area contributed by atoms with Crippen molar-refractivity contribution in [3.05, 3.63) is 59.8 Å². The van der Waals surface area contributed by atoms with Gasteiger partial charge in [0.25, 0.3) is 5.91 Å². The van der Waals surface area contributed by atoms with Crippen molar-refractivity contribution in [3.63, 3.8) is 0 Å². The van der Waals surface area contributed by atoms with Crippen LogP contribution in [0.1, 0.15) is 23.3 Å². The lowest BCUT2D eigenvalue weighted by Gasteiger charge is -2.11. The Labute approximate surface area is 155 Å². The minimum absolute atomic E-state index is 0.144. The van der Waals surface area contributed by atoms with E-state index >= 15 is 0 Å². The first-order valence-corrected chi connectivity index (χ1v) is 8.80. The summed E-state index contributed by atoms with van der Waals surface area (Å²) in [7, 11) is 0. The number of fused-ring (bicyclic) bond motifs is 1. The Hall–Kier alpha value is -2.77. The topological polar surface area (TPSA) is 96.9 Å². The molecule has 0 spiro atoms. The molecule has 1 aromatic heterocycles. The number of carbonyl (C=O) groups excluding carboxylic acids is 1. The quantitative estimate of drug-likeness (QED) is 0.513. The van der Waals surface area contributed by atoms with Gasteiger partial charge in [-0.2, -0.15) is 0 Å². The van der Waals surface area contributed by atoms with Crippen molar-refractivity contribution in [1.29, 1.82) is 0 Å². The number of nitrogens with two attached hydrogens (primary N) is 2. The molecule has 0 aliphatic carbocycles. The second-order valence-corrected chi connectivity index (χ2v) is 6.51. The lowest BCUT2D eigenvalue weighted by Crippen LogP contribution is -2.37. The van der Waals surface area contributed by atoms with Gasteiger partial charge in [-0.15, -0.1) is 0 Å². The zero-order chi connectivity index (χ0) is 19.4. The van der Waals surface area contributed by atoms with Gasteiger partial charge in [0, 0.05) is 35.1 Å². The lowest BCUT2D eigenvalue weighted by atomic mass is 10.0. The molecule has 142 valence electrons. The van der Waals surface area contributed by atoms with Gasteiger partial charge in [-0.3, -0.25) is 4.79 Å². The monoisotopic (exact) mass is 372 g/mol. The molecule has 3 rings (SSSR count). The molecular formula is C20H22F2N4O. The SMILES string of the molecule is NCCC[C@H](N)CNC(=O)c1cc2ccc(-c3ccc(F)cc3F)cc2[nH]1. The number of amides is 1. The molecule has 1 heterocycles. The molecule has 0 radical (unpaired) electrons. The number of nitrogens with one attached hydrogen (secondary N) is 2. The van der Waals surface area contributed by atoms with E-state index < -0.39 is 11.6 Å². The van der Waals surface area contributed by atoms with Crippen molar-refractivity contribution in [1.82, 2.24) is 10.3 Å². The Kier molecular flexibility index (Phi) is 5.83. The van der Waals surface area contributed by atoms with Crippen LogP contribution in [0.3, 0.4) is 0 Å². The number of aromatic amines is 1. The Morgan fingerprint density at radius 2 is 1.96 bits per heavy atom. The predicted molar refractivity (Wildman–Crippen MR) is 102 cm³/mol. The molecule has 0 aliphatic heterocycles. The van der Waals surface area contributed by atoms with E-state index in [0.29, 0.717) is 35.4 Å². The molecular weight excluding hydrogens is 350 g/mol. The summed E-state index contributed by atoms with van der Waals surface area (Å²) >= 11 is 0. The number of hydrogen-bond donors (Lipinski definition) is 4. The van der Waals surface area contributed by atoms with Crippen molar-refractivity contribution in [2.75, 3.05) is 13.1 Å². The highest BCUT2D eigenvalue weighted by Crippen LogP contribution is 2.27. The van der Waals surface area contributed by atoms with Gasteiger partial charge in [0.05, 0.1) is 0 Å². The van der Waals surface area contributed by atoms with E-state index in [4.69, 9.17) is 11.5 Å². The van der Waals surface area contributed by atoms with Crippen LogP contribution in [0.25, 0.3) is 22.0 Å². The van der Waals surface area contributed by atoms with Gasteiger partial charge in [-0.05, 0) is 49.2 Å². The molecule has 0 bridgehead atoms. The third-order valence-corrected chi connectivity index (χ3v) is 4.41. The minimum Gasteiger partial charge on any atom is -0.351 e. The average Bonchev–Trinajstić information content (AvgIpc) is 3.07. The molecule has 0 saturated carbocycles. The summed E-state index contributed by atoms with van der Waals surface area (Å²) in [5.41, 5.74) is 13.4. The zero-order valence-electron chi connectivity index (χ0n) is 14.8. The highest BCUT2D eigenvalue weighted by Gasteiger charge is 2.13. The number of hydrogen-bond acceptors (Lipinski definition) is 3. The lowest BCUT2D eigenvalue weighted by molar-refractivity contribution is 0.0946. The van der Waals surface area contributed by atoms with E-state index in [1.54, 1.807) is 24.3 Å². The van der Waals surface area contributed by atoms with Crippen molar-refractivity contribution in [2.24, 2.45) is 11.5 Å². The van der Waals surface area contributed by atoms with Gasteiger partial charge >= 0.3 is 0 Å². The molecule has 27 heavy (non-hydrogen) atoms. The fourth-order valence-electron chi connectivity index (χ4n) is 2.94. The second kappa shape index (κ2) is 8.28. The van der Waals surface area contributed by atoms with Crippen LogP contribution in [-0.4, -0.2) is 30.0 Å². The number of benzene rings is 2. The second-order valence-electron chi connectivity index (χ2n) is 6.51. The van der Waals surface area contributed by atoms with E-state index in [-0.39, 0.29) is 11.9 Å². The maximum Gasteiger partial charge on any atom is 0.267 e. The first-order chi connectivity index (χ1) is 13.0.